The van der Waals surface area contributed by atoms with Crippen molar-refractivity contribution in [2.45, 2.75) is 19.3 Å². The second kappa shape index (κ2) is 5.65. The van der Waals surface area contributed by atoms with Crippen molar-refractivity contribution in [2.75, 3.05) is 7.11 Å². The van der Waals surface area contributed by atoms with E-state index in [1.165, 1.54) is 13.2 Å². The maximum absolute atomic E-state index is 10.6. The Kier molecular flexibility index (Phi) is 5.07. The number of esters is 1. The third-order valence-electron chi connectivity index (χ3n) is 1.26. The predicted molar refractivity (Wildman–Crippen MR) is 41.1 cm³/mol. The average molecular weight is 156 g/mol. The van der Waals surface area contributed by atoms with Crippen LogP contribution in [0.1, 0.15) is 19.3 Å². The van der Waals surface area contributed by atoms with Gasteiger partial charge >= 0.3 is 5.97 Å². The van der Waals surface area contributed by atoms with Crippen LogP contribution in [0.5, 0.6) is 0 Å². The smallest absolute Gasteiger partial charge is 0.305 e. The third kappa shape index (κ3) is 5.33. The summed E-state index contributed by atoms with van der Waals surface area (Å²) < 4.78 is 4.39. The lowest BCUT2D eigenvalue weighted by molar-refractivity contribution is -0.140. The number of carbonyl (C=O) groups excluding carboxylic acids is 2. The zero-order valence-corrected chi connectivity index (χ0v) is 6.63. The largest absolute Gasteiger partial charge is 0.469 e. The maximum Gasteiger partial charge on any atom is 0.305 e. The molecule has 0 fully saturated rings. The Morgan fingerprint density at radius 1 is 1.45 bits per heavy atom. The zero-order chi connectivity index (χ0) is 8.69. The van der Waals surface area contributed by atoms with E-state index in [-0.39, 0.29) is 11.8 Å². The van der Waals surface area contributed by atoms with Crippen LogP contribution in [0.2, 0.25) is 0 Å². The van der Waals surface area contributed by atoms with Gasteiger partial charge in [0.05, 0.1) is 7.11 Å². The molecule has 0 radical (unpaired) electrons. The molecule has 0 spiro atoms. The van der Waals surface area contributed by atoms with Crippen molar-refractivity contribution in [2.24, 2.45) is 0 Å². The average Bonchev–Trinajstić information content (AvgIpc) is 2.04. The lowest BCUT2D eigenvalue weighted by atomic mass is 10.2. The molecule has 0 aromatic rings. The van der Waals surface area contributed by atoms with Crippen molar-refractivity contribution in [1.82, 2.24) is 0 Å². The van der Waals surface area contributed by atoms with Crippen LogP contribution >= 0.6 is 0 Å². The molecule has 0 heterocycles. The third-order valence-corrected chi connectivity index (χ3v) is 1.26. The Bertz CT molecular complexity index is 161. The Morgan fingerprint density at radius 3 is 2.55 bits per heavy atom. The van der Waals surface area contributed by atoms with Gasteiger partial charge in [-0.2, -0.15) is 0 Å². The van der Waals surface area contributed by atoms with E-state index in [4.69, 9.17) is 0 Å². The van der Waals surface area contributed by atoms with Gasteiger partial charge in [-0.05, 0) is 12.5 Å². The SMILES string of the molecule is C=CC(=O)CCCC(=O)OC. The zero-order valence-electron chi connectivity index (χ0n) is 6.63. The summed E-state index contributed by atoms with van der Waals surface area (Å²) >= 11 is 0. The molecular formula is C8H12O3. The molecule has 0 amide bonds. The molecule has 0 rings (SSSR count). The molecular weight excluding hydrogens is 144 g/mol. The molecule has 0 aromatic carbocycles. The van der Waals surface area contributed by atoms with E-state index in [1.807, 2.05) is 0 Å². The van der Waals surface area contributed by atoms with Crippen LogP contribution in [-0.4, -0.2) is 18.9 Å². The molecule has 0 aromatic heterocycles. The molecule has 3 nitrogen and oxygen atoms in total. The molecule has 0 N–H and O–H groups in total. The van der Waals surface area contributed by atoms with Crippen LogP contribution in [0.3, 0.4) is 0 Å². The first kappa shape index (κ1) is 9.88. The van der Waals surface area contributed by atoms with Gasteiger partial charge in [-0.3, -0.25) is 9.59 Å². The van der Waals surface area contributed by atoms with Crippen LogP contribution in [0.15, 0.2) is 12.7 Å². The van der Waals surface area contributed by atoms with Gasteiger partial charge in [0, 0.05) is 12.8 Å². The number of methoxy groups -OCH3 is 1. The summed E-state index contributed by atoms with van der Waals surface area (Å²) in [6, 6.07) is 0. The monoisotopic (exact) mass is 156 g/mol. The minimum absolute atomic E-state index is 0.0334. The van der Waals surface area contributed by atoms with E-state index < -0.39 is 0 Å². The van der Waals surface area contributed by atoms with Crippen LogP contribution in [0.4, 0.5) is 0 Å². The standard InChI is InChI=1S/C8H12O3/c1-3-7(9)5-4-6-8(10)11-2/h3H,1,4-6H2,2H3. The summed E-state index contributed by atoms with van der Waals surface area (Å²) in [4.78, 5) is 21.1. The molecule has 0 atom stereocenters. The van der Waals surface area contributed by atoms with Gasteiger partial charge in [-0.15, -0.1) is 0 Å². The first-order valence-corrected chi connectivity index (χ1v) is 3.42. The summed E-state index contributed by atoms with van der Waals surface area (Å²) in [6.45, 7) is 3.31. The van der Waals surface area contributed by atoms with Gasteiger partial charge in [0.1, 0.15) is 0 Å². The van der Waals surface area contributed by atoms with E-state index >= 15 is 0 Å². The van der Waals surface area contributed by atoms with Crippen molar-refractivity contribution >= 4 is 11.8 Å². The molecule has 62 valence electrons. The van der Waals surface area contributed by atoms with Crippen LogP contribution in [-0.2, 0) is 14.3 Å². The molecule has 0 aliphatic heterocycles. The minimum atomic E-state index is -0.276. The number of rotatable bonds is 5. The topological polar surface area (TPSA) is 43.4 Å². The van der Waals surface area contributed by atoms with Gasteiger partial charge in [-0.1, -0.05) is 6.58 Å². The highest BCUT2D eigenvalue weighted by Gasteiger charge is 2.01. The highest BCUT2D eigenvalue weighted by Crippen LogP contribution is 1.97. The Balaban J connectivity index is 3.34. The highest BCUT2D eigenvalue weighted by atomic mass is 16.5. The van der Waals surface area contributed by atoms with Crippen molar-refractivity contribution < 1.29 is 14.3 Å². The van der Waals surface area contributed by atoms with Crippen LogP contribution < -0.4 is 0 Å². The van der Waals surface area contributed by atoms with Crippen LogP contribution in [0.25, 0.3) is 0 Å². The molecule has 0 unspecified atom stereocenters. The van der Waals surface area contributed by atoms with E-state index in [0.717, 1.165) is 0 Å². The lowest BCUT2D eigenvalue weighted by Crippen LogP contribution is -2.01. The maximum atomic E-state index is 10.6. The summed E-state index contributed by atoms with van der Waals surface area (Å²) in [5.41, 5.74) is 0. The molecule has 0 aliphatic rings. The fraction of sp³-hybridized carbons (Fsp3) is 0.500. The summed E-state index contributed by atoms with van der Waals surface area (Å²) in [5.74, 6) is -0.309. The Hall–Kier alpha value is -1.12. The number of hydrogen-bond donors (Lipinski definition) is 0. The molecule has 3 heteroatoms. The Labute approximate surface area is 66.0 Å². The highest BCUT2D eigenvalue weighted by molar-refractivity contribution is 5.89. The van der Waals surface area contributed by atoms with Crippen molar-refractivity contribution in [3.63, 3.8) is 0 Å². The normalized spacial score (nSPS) is 8.82. The molecule has 0 bridgehead atoms. The van der Waals surface area contributed by atoms with Gasteiger partial charge in [0.15, 0.2) is 5.78 Å². The first-order chi connectivity index (χ1) is 5.20. The van der Waals surface area contributed by atoms with Gasteiger partial charge in [0.25, 0.3) is 0 Å². The van der Waals surface area contributed by atoms with E-state index in [9.17, 15) is 9.59 Å². The van der Waals surface area contributed by atoms with Gasteiger partial charge < -0.3 is 4.74 Å². The fourth-order valence-corrected chi connectivity index (χ4v) is 0.611. The van der Waals surface area contributed by atoms with Gasteiger partial charge in [0.2, 0.25) is 0 Å². The number of carbonyl (C=O) groups is 2. The van der Waals surface area contributed by atoms with Gasteiger partial charge in [-0.25, -0.2) is 0 Å². The van der Waals surface area contributed by atoms with E-state index in [0.29, 0.717) is 19.3 Å². The number of ketones is 1. The van der Waals surface area contributed by atoms with Crippen molar-refractivity contribution in [1.29, 1.82) is 0 Å². The predicted octanol–water partition coefficient (Wildman–Crippen LogP) is 1.08. The second-order valence-electron chi connectivity index (χ2n) is 2.10. The fourth-order valence-electron chi connectivity index (χ4n) is 0.611. The molecule has 11 heavy (non-hydrogen) atoms. The second-order valence-corrected chi connectivity index (χ2v) is 2.10. The first-order valence-electron chi connectivity index (χ1n) is 3.42. The molecule has 0 saturated carbocycles. The number of ether oxygens (including phenoxy) is 1. The van der Waals surface area contributed by atoms with Crippen molar-refractivity contribution in [3.05, 3.63) is 12.7 Å². The van der Waals surface area contributed by atoms with Crippen LogP contribution in [0, 0.1) is 0 Å². The minimum Gasteiger partial charge on any atom is -0.469 e. The number of hydrogen-bond acceptors (Lipinski definition) is 3. The Morgan fingerprint density at radius 2 is 2.09 bits per heavy atom. The lowest BCUT2D eigenvalue weighted by Gasteiger charge is -1.95. The van der Waals surface area contributed by atoms with E-state index in [2.05, 4.69) is 11.3 Å². The summed E-state index contributed by atoms with van der Waals surface area (Å²) in [6.07, 6.45) is 2.48. The van der Waals surface area contributed by atoms with E-state index in [1.54, 1.807) is 0 Å². The summed E-state index contributed by atoms with van der Waals surface area (Å²) in [5, 5.41) is 0. The molecule has 0 aliphatic carbocycles. The number of allylic oxidation sites excluding steroid dienone is 1. The molecule has 0 saturated heterocycles. The quantitative estimate of drug-likeness (QED) is 0.442. The van der Waals surface area contributed by atoms with Crippen molar-refractivity contribution in [3.8, 4) is 0 Å². The summed E-state index contributed by atoms with van der Waals surface area (Å²) in [7, 11) is 1.33.